The van der Waals surface area contributed by atoms with E-state index in [2.05, 4.69) is 15.6 Å². The van der Waals surface area contributed by atoms with E-state index in [1.807, 2.05) is 0 Å². The molecule has 0 aromatic heterocycles. The molecule has 1 aromatic rings. The van der Waals surface area contributed by atoms with Crippen LogP contribution in [0.4, 0.5) is 14.5 Å². The molecule has 1 aromatic carbocycles. The maximum Gasteiger partial charge on any atom is 0.394 e. The molecular formula is C9H12F2N2O. The summed E-state index contributed by atoms with van der Waals surface area (Å²) in [5.41, 5.74) is 6.29. The second-order valence-electron chi connectivity index (χ2n) is 2.81. The molecule has 0 bridgehead atoms. The Labute approximate surface area is 81.0 Å². The minimum absolute atomic E-state index is 0.138. The van der Waals surface area contributed by atoms with Gasteiger partial charge in [0.25, 0.3) is 0 Å². The van der Waals surface area contributed by atoms with Gasteiger partial charge < -0.3 is 10.2 Å². The Hall–Kier alpha value is -1.36. The lowest BCUT2D eigenvalue weighted by Crippen LogP contribution is -2.19. The van der Waals surface area contributed by atoms with Gasteiger partial charge in [-0.05, 0) is 24.3 Å². The van der Waals surface area contributed by atoms with Crippen LogP contribution in [-0.4, -0.2) is 13.2 Å². The molecule has 0 atom stereocenters. The van der Waals surface area contributed by atoms with Gasteiger partial charge in [0.2, 0.25) is 0 Å². The molecule has 14 heavy (non-hydrogen) atoms. The van der Waals surface area contributed by atoms with Gasteiger partial charge in [0.15, 0.2) is 0 Å². The summed E-state index contributed by atoms with van der Waals surface area (Å²) in [6.45, 7) is 0.701. The number of hydrazine groups is 1. The van der Waals surface area contributed by atoms with Gasteiger partial charge in [-0.2, -0.15) is 8.78 Å². The molecule has 0 saturated heterocycles. The first kappa shape index (κ1) is 10.7. The fraction of sp³-hybridized carbons (Fsp3) is 0.333. The average Bonchev–Trinajstić information content (AvgIpc) is 2.06. The molecule has 0 aliphatic heterocycles. The number of anilines is 1. The van der Waals surface area contributed by atoms with Crippen molar-refractivity contribution in [3.8, 4) is 5.75 Å². The van der Waals surface area contributed by atoms with E-state index in [0.717, 1.165) is 5.69 Å². The van der Waals surface area contributed by atoms with E-state index in [1.54, 1.807) is 19.2 Å². The van der Waals surface area contributed by atoms with E-state index in [-0.39, 0.29) is 5.75 Å². The molecule has 0 aliphatic carbocycles. The fourth-order valence-electron chi connectivity index (χ4n) is 0.958. The van der Waals surface area contributed by atoms with Crippen molar-refractivity contribution < 1.29 is 13.5 Å². The third kappa shape index (κ3) is 3.57. The Kier molecular flexibility index (Phi) is 3.24. The van der Waals surface area contributed by atoms with E-state index in [4.69, 9.17) is 0 Å². The maximum absolute atomic E-state index is 12.4. The van der Waals surface area contributed by atoms with E-state index >= 15 is 0 Å². The van der Waals surface area contributed by atoms with E-state index in [0.29, 0.717) is 6.92 Å². The molecule has 5 heteroatoms. The third-order valence-corrected chi connectivity index (χ3v) is 1.42. The van der Waals surface area contributed by atoms with Crippen LogP contribution >= 0.6 is 0 Å². The first-order valence-electron chi connectivity index (χ1n) is 4.11. The topological polar surface area (TPSA) is 33.3 Å². The summed E-state index contributed by atoms with van der Waals surface area (Å²) in [6.07, 6.45) is -3.14. The number of alkyl halides is 2. The summed E-state index contributed by atoms with van der Waals surface area (Å²) in [5, 5.41) is 0. The van der Waals surface area contributed by atoms with Crippen LogP contribution in [0.25, 0.3) is 0 Å². The number of nitrogens with one attached hydrogen (secondary N) is 2. The quantitative estimate of drug-likeness (QED) is 0.734. The van der Waals surface area contributed by atoms with E-state index in [9.17, 15) is 8.78 Å². The lowest BCUT2D eigenvalue weighted by molar-refractivity contribution is -0.158. The summed E-state index contributed by atoms with van der Waals surface area (Å²) < 4.78 is 29.2. The summed E-state index contributed by atoms with van der Waals surface area (Å²) in [4.78, 5) is 0. The molecular weight excluding hydrogens is 190 g/mol. The van der Waals surface area contributed by atoms with Crippen LogP contribution in [0, 0.1) is 0 Å². The number of halogens is 2. The highest BCUT2D eigenvalue weighted by molar-refractivity contribution is 5.45. The number of ether oxygens (including phenoxy) is 1. The van der Waals surface area contributed by atoms with Crippen molar-refractivity contribution in [3.05, 3.63) is 24.3 Å². The molecule has 0 fully saturated rings. The standard InChI is InChI=1S/C9H12F2N2O/c1-9(10,11)14-8-5-3-7(4-6-8)13-12-2/h3-6,12-13H,1-2H3. The predicted molar refractivity (Wildman–Crippen MR) is 50.4 cm³/mol. The smallest absolute Gasteiger partial charge is 0.394 e. The Bertz CT molecular complexity index is 282. The van der Waals surface area contributed by atoms with Gasteiger partial charge in [-0.3, -0.25) is 0 Å². The maximum atomic E-state index is 12.4. The number of hydrogen-bond donors (Lipinski definition) is 2. The largest absolute Gasteiger partial charge is 0.433 e. The molecule has 0 unspecified atom stereocenters. The minimum Gasteiger partial charge on any atom is -0.433 e. The third-order valence-electron chi connectivity index (χ3n) is 1.42. The molecule has 0 saturated carbocycles. The van der Waals surface area contributed by atoms with Crippen LogP contribution in [0.3, 0.4) is 0 Å². The average molecular weight is 202 g/mol. The van der Waals surface area contributed by atoms with Gasteiger partial charge in [-0.15, -0.1) is 0 Å². The summed E-state index contributed by atoms with van der Waals surface area (Å²) >= 11 is 0. The molecule has 3 nitrogen and oxygen atoms in total. The van der Waals surface area contributed by atoms with Crippen LogP contribution in [0.5, 0.6) is 5.75 Å². The van der Waals surface area contributed by atoms with Crippen LogP contribution in [0.15, 0.2) is 24.3 Å². The summed E-state index contributed by atoms with van der Waals surface area (Å²) in [5.74, 6) is 0.138. The molecule has 0 amide bonds. The van der Waals surface area contributed by atoms with Gasteiger partial charge in [-0.1, -0.05) is 0 Å². The van der Waals surface area contributed by atoms with Gasteiger partial charge in [0.1, 0.15) is 5.75 Å². The van der Waals surface area contributed by atoms with E-state index in [1.165, 1.54) is 12.1 Å². The zero-order valence-corrected chi connectivity index (χ0v) is 7.97. The first-order valence-corrected chi connectivity index (χ1v) is 4.11. The molecule has 0 aliphatic rings. The highest BCUT2D eigenvalue weighted by Crippen LogP contribution is 2.22. The minimum atomic E-state index is -3.14. The van der Waals surface area contributed by atoms with E-state index < -0.39 is 6.11 Å². The second kappa shape index (κ2) is 4.23. The van der Waals surface area contributed by atoms with Crippen molar-refractivity contribution in [3.63, 3.8) is 0 Å². The van der Waals surface area contributed by atoms with Crippen molar-refractivity contribution in [2.75, 3.05) is 12.5 Å². The Morgan fingerprint density at radius 3 is 2.21 bits per heavy atom. The lowest BCUT2D eigenvalue weighted by atomic mass is 10.3. The molecule has 0 spiro atoms. The molecule has 2 N–H and O–H groups in total. The van der Waals surface area contributed by atoms with Gasteiger partial charge >= 0.3 is 6.11 Å². The van der Waals surface area contributed by atoms with Crippen molar-refractivity contribution in [1.29, 1.82) is 0 Å². The molecule has 0 heterocycles. The number of hydrogen-bond acceptors (Lipinski definition) is 3. The van der Waals surface area contributed by atoms with Crippen molar-refractivity contribution in [1.82, 2.24) is 5.43 Å². The van der Waals surface area contributed by atoms with Gasteiger partial charge in [0.05, 0.1) is 0 Å². The first-order chi connectivity index (χ1) is 6.51. The highest BCUT2D eigenvalue weighted by atomic mass is 19.3. The van der Waals surface area contributed by atoms with Crippen LogP contribution in [0.2, 0.25) is 0 Å². The summed E-state index contributed by atoms with van der Waals surface area (Å²) in [6, 6.07) is 6.21. The zero-order valence-electron chi connectivity index (χ0n) is 7.97. The highest BCUT2D eigenvalue weighted by Gasteiger charge is 2.22. The monoisotopic (exact) mass is 202 g/mol. The molecule has 1 rings (SSSR count). The zero-order chi connectivity index (χ0) is 10.6. The van der Waals surface area contributed by atoms with Crippen LogP contribution in [-0.2, 0) is 0 Å². The Morgan fingerprint density at radius 2 is 1.79 bits per heavy atom. The molecule has 78 valence electrons. The van der Waals surface area contributed by atoms with Crippen LogP contribution < -0.4 is 15.6 Å². The molecule has 0 radical (unpaired) electrons. The van der Waals surface area contributed by atoms with Crippen molar-refractivity contribution in [2.45, 2.75) is 13.0 Å². The van der Waals surface area contributed by atoms with Crippen molar-refractivity contribution >= 4 is 5.69 Å². The van der Waals surface area contributed by atoms with Crippen molar-refractivity contribution in [2.24, 2.45) is 0 Å². The SMILES string of the molecule is CNNc1ccc(OC(C)(F)F)cc1. The van der Waals surface area contributed by atoms with Gasteiger partial charge in [-0.25, -0.2) is 5.43 Å². The normalized spacial score (nSPS) is 11.1. The summed E-state index contributed by atoms with van der Waals surface area (Å²) in [7, 11) is 1.71. The second-order valence-corrected chi connectivity index (χ2v) is 2.81. The predicted octanol–water partition coefficient (Wildman–Crippen LogP) is 2.22. The Balaban J connectivity index is 2.64. The lowest BCUT2D eigenvalue weighted by Gasteiger charge is -2.13. The fourth-order valence-corrected chi connectivity index (χ4v) is 0.958. The van der Waals surface area contributed by atoms with Crippen LogP contribution in [0.1, 0.15) is 6.92 Å². The number of benzene rings is 1. The number of rotatable bonds is 4. The van der Waals surface area contributed by atoms with Gasteiger partial charge in [0, 0.05) is 19.7 Å². The Morgan fingerprint density at radius 1 is 1.21 bits per heavy atom.